The van der Waals surface area contributed by atoms with Crippen LogP contribution in [-0.2, 0) is 6.54 Å². The fourth-order valence-corrected chi connectivity index (χ4v) is 2.41. The summed E-state index contributed by atoms with van der Waals surface area (Å²) in [7, 11) is 0. The van der Waals surface area contributed by atoms with Crippen LogP contribution in [-0.4, -0.2) is 5.66 Å². The molecule has 1 aromatic carbocycles. The molecule has 0 amide bonds. The molecule has 88 valence electrons. The lowest BCUT2D eigenvalue weighted by Gasteiger charge is -2.34. The molecule has 1 fully saturated rings. The minimum absolute atomic E-state index is 0.437. The third kappa shape index (κ3) is 2.61. The van der Waals surface area contributed by atoms with Crippen molar-refractivity contribution in [3.63, 3.8) is 0 Å². The molecule has 3 heteroatoms. The van der Waals surface area contributed by atoms with Gasteiger partial charge in [0.15, 0.2) is 0 Å². The zero-order chi connectivity index (χ0) is 11.6. The Bertz CT molecular complexity index is 333. The Morgan fingerprint density at radius 2 is 1.62 bits per heavy atom. The predicted molar refractivity (Wildman–Crippen MR) is 66.6 cm³/mol. The van der Waals surface area contributed by atoms with Crippen molar-refractivity contribution in [2.24, 2.45) is 17.2 Å². The zero-order valence-corrected chi connectivity index (χ0v) is 9.65. The first-order chi connectivity index (χ1) is 7.61. The summed E-state index contributed by atoms with van der Waals surface area (Å²) in [6, 6.07) is 8.60. The average Bonchev–Trinajstić information content (AvgIpc) is 2.29. The maximum atomic E-state index is 5.92. The lowest BCUT2D eigenvalue weighted by atomic mass is 9.79. The molecular weight excluding hydrogens is 198 g/mol. The van der Waals surface area contributed by atoms with Crippen molar-refractivity contribution < 1.29 is 0 Å². The highest BCUT2D eigenvalue weighted by Gasteiger charge is 2.28. The van der Waals surface area contributed by atoms with Crippen LogP contribution in [0.15, 0.2) is 24.3 Å². The summed E-state index contributed by atoms with van der Waals surface area (Å²) in [6.07, 6.45) is 4.01. The van der Waals surface area contributed by atoms with Crippen LogP contribution in [0.5, 0.6) is 0 Å². The van der Waals surface area contributed by atoms with Crippen LogP contribution in [0.1, 0.15) is 42.7 Å². The van der Waals surface area contributed by atoms with E-state index in [0.29, 0.717) is 12.5 Å². The zero-order valence-electron chi connectivity index (χ0n) is 9.65. The van der Waals surface area contributed by atoms with Crippen LogP contribution in [0.4, 0.5) is 0 Å². The molecule has 2 rings (SSSR count). The first kappa shape index (κ1) is 11.6. The third-order valence-electron chi connectivity index (χ3n) is 3.60. The van der Waals surface area contributed by atoms with Crippen molar-refractivity contribution in [3.05, 3.63) is 35.4 Å². The summed E-state index contributed by atoms with van der Waals surface area (Å²) >= 11 is 0. The standard InChI is InChI=1S/C13H21N3/c14-9-10-1-3-11(4-2-10)12-5-7-13(15,16)8-6-12/h1-4,12H,5-9,14-16H2. The molecule has 6 N–H and O–H groups in total. The normalized spacial score (nSPS) is 20.9. The van der Waals surface area contributed by atoms with Gasteiger partial charge in [0.05, 0.1) is 5.66 Å². The molecule has 0 spiro atoms. The van der Waals surface area contributed by atoms with Crippen molar-refractivity contribution >= 4 is 0 Å². The lowest BCUT2D eigenvalue weighted by Crippen LogP contribution is -2.51. The molecule has 1 aliphatic carbocycles. The van der Waals surface area contributed by atoms with Gasteiger partial charge in [-0.25, -0.2) is 0 Å². The molecule has 0 atom stereocenters. The second-order valence-electron chi connectivity index (χ2n) is 4.95. The second-order valence-corrected chi connectivity index (χ2v) is 4.95. The fourth-order valence-electron chi connectivity index (χ4n) is 2.41. The van der Waals surface area contributed by atoms with Gasteiger partial charge in [0.2, 0.25) is 0 Å². The van der Waals surface area contributed by atoms with Crippen molar-refractivity contribution in [3.8, 4) is 0 Å². The van der Waals surface area contributed by atoms with Crippen LogP contribution < -0.4 is 17.2 Å². The smallest absolute Gasteiger partial charge is 0.0637 e. The molecule has 0 radical (unpaired) electrons. The maximum absolute atomic E-state index is 5.92. The topological polar surface area (TPSA) is 78.1 Å². The second kappa shape index (κ2) is 4.53. The molecule has 0 aromatic heterocycles. The van der Waals surface area contributed by atoms with Crippen LogP contribution in [0.2, 0.25) is 0 Å². The van der Waals surface area contributed by atoms with Crippen LogP contribution in [0, 0.1) is 0 Å². The van der Waals surface area contributed by atoms with E-state index >= 15 is 0 Å². The number of hydrogen-bond donors (Lipinski definition) is 3. The molecule has 0 aliphatic heterocycles. The highest BCUT2D eigenvalue weighted by molar-refractivity contribution is 5.25. The van der Waals surface area contributed by atoms with E-state index in [-0.39, 0.29) is 0 Å². The molecule has 3 nitrogen and oxygen atoms in total. The van der Waals surface area contributed by atoms with Gasteiger partial charge in [-0.1, -0.05) is 24.3 Å². The fraction of sp³-hybridized carbons (Fsp3) is 0.538. The maximum Gasteiger partial charge on any atom is 0.0637 e. The van der Waals surface area contributed by atoms with Gasteiger partial charge in [0.25, 0.3) is 0 Å². The Balaban J connectivity index is 2.03. The molecule has 1 aromatic rings. The first-order valence-corrected chi connectivity index (χ1v) is 5.97. The average molecular weight is 219 g/mol. The quantitative estimate of drug-likeness (QED) is 0.658. The van der Waals surface area contributed by atoms with Gasteiger partial charge < -0.3 is 17.2 Å². The van der Waals surface area contributed by atoms with Crippen molar-refractivity contribution in [1.29, 1.82) is 0 Å². The number of hydrogen-bond acceptors (Lipinski definition) is 3. The minimum atomic E-state index is -0.437. The van der Waals surface area contributed by atoms with Crippen molar-refractivity contribution in [2.75, 3.05) is 0 Å². The van der Waals surface area contributed by atoms with Gasteiger partial charge >= 0.3 is 0 Å². The number of nitrogens with two attached hydrogens (primary N) is 3. The van der Waals surface area contributed by atoms with E-state index in [4.69, 9.17) is 17.2 Å². The molecule has 1 saturated carbocycles. The first-order valence-electron chi connectivity index (χ1n) is 5.97. The lowest BCUT2D eigenvalue weighted by molar-refractivity contribution is 0.281. The molecular formula is C13H21N3. The molecule has 1 aliphatic rings. The van der Waals surface area contributed by atoms with Gasteiger partial charge in [0.1, 0.15) is 0 Å². The van der Waals surface area contributed by atoms with Crippen LogP contribution in [0.3, 0.4) is 0 Å². The molecule has 0 saturated heterocycles. The van der Waals surface area contributed by atoms with E-state index < -0.39 is 5.66 Å². The van der Waals surface area contributed by atoms with Crippen LogP contribution in [0.25, 0.3) is 0 Å². The Kier molecular flexibility index (Phi) is 3.28. The molecule has 0 heterocycles. The van der Waals surface area contributed by atoms with E-state index in [2.05, 4.69) is 24.3 Å². The highest BCUT2D eigenvalue weighted by atomic mass is 15.0. The van der Waals surface area contributed by atoms with Gasteiger partial charge in [-0.2, -0.15) is 0 Å². The Morgan fingerprint density at radius 1 is 1.06 bits per heavy atom. The highest BCUT2D eigenvalue weighted by Crippen LogP contribution is 2.34. The summed E-state index contributed by atoms with van der Waals surface area (Å²) in [5, 5.41) is 0. The van der Waals surface area contributed by atoms with E-state index in [1.807, 2.05) is 0 Å². The van der Waals surface area contributed by atoms with Gasteiger partial charge in [-0.15, -0.1) is 0 Å². The van der Waals surface area contributed by atoms with Crippen LogP contribution >= 0.6 is 0 Å². The van der Waals surface area contributed by atoms with Crippen molar-refractivity contribution in [2.45, 2.75) is 43.8 Å². The van der Waals surface area contributed by atoms with E-state index in [1.165, 1.54) is 11.1 Å². The summed E-state index contributed by atoms with van der Waals surface area (Å²) in [5.74, 6) is 0.618. The largest absolute Gasteiger partial charge is 0.326 e. The summed E-state index contributed by atoms with van der Waals surface area (Å²) < 4.78 is 0. The Labute approximate surface area is 97.0 Å². The molecule has 0 bridgehead atoms. The van der Waals surface area contributed by atoms with E-state index in [9.17, 15) is 0 Å². The predicted octanol–water partition coefficient (Wildman–Crippen LogP) is 1.42. The van der Waals surface area contributed by atoms with Gasteiger partial charge in [-0.3, -0.25) is 0 Å². The van der Waals surface area contributed by atoms with Crippen molar-refractivity contribution in [1.82, 2.24) is 0 Å². The number of benzene rings is 1. The minimum Gasteiger partial charge on any atom is -0.326 e. The SMILES string of the molecule is NCc1ccc(C2CCC(N)(N)CC2)cc1. The summed E-state index contributed by atoms with van der Waals surface area (Å²) in [5.41, 5.74) is 19.6. The van der Waals surface area contributed by atoms with E-state index in [0.717, 1.165) is 25.7 Å². The third-order valence-corrected chi connectivity index (χ3v) is 3.60. The van der Waals surface area contributed by atoms with E-state index in [1.54, 1.807) is 0 Å². The van der Waals surface area contributed by atoms with Gasteiger partial charge in [0, 0.05) is 6.54 Å². The monoisotopic (exact) mass is 219 g/mol. The molecule has 16 heavy (non-hydrogen) atoms. The summed E-state index contributed by atoms with van der Waals surface area (Å²) in [6.45, 7) is 0.611. The number of rotatable bonds is 2. The Morgan fingerprint density at radius 3 is 2.12 bits per heavy atom. The molecule has 0 unspecified atom stereocenters. The summed E-state index contributed by atoms with van der Waals surface area (Å²) in [4.78, 5) is 0. The van der Waals surface area contributed by atoms with Gasteiger partial charge in [-0.05, 0) is 42.7 Å². The Hall–Kier alpha value is -0.900.